The molecule has 168 valence electrons. The second-order valence-electron chi connectivity index (χ2n) is 6.79. The summed E-state index contributed by atoms with van der Waals surface area (Å²) in [7, 11) is 0. The van der Waals surface area contributed by atoms with E-state index in [2.05, 4.69) is 0 Å². The van der Waals surface area contributed by atoms with E-state index < -0.39 is 35.8 Å². The zero-order chi connectivity index (χ0) is 23.7. The lowest BCUT2D eigenvalue weighted by atomic mass is 10.0. The first kappa shape index (κ1) is 24.2. The lowest BCUT2D eigenvalue weighted by molar-refractivity contribution is -0.141. The van der Waals surface area contributed by atoms with Crippen molar-refractivity contribution in [2.75, 3.05) is 0 Å². The van der Waals surface area contributed by atoms with Crippen LogP contribution < -0.4 is 0 Å². The SMILES string of the molecule is O=C(O)CCCC(=O)OC(=O)c1ccc2cc(C(=O)OC(=O)CCCC(=O)O)ccc2c1. The predicted octanol–water partition coefficient (Wildman–Crippen LogP) is 2.72. The first-order valence-electron chi connectivity index (χ1n) is 9.63. The molecule has 0 aliphatic heterocycles. The highest BCUT2D eigenvalue weighted by Gasteiger charge is 2.16. The molecule has 0 atom stereocenters. The van der Waals surface area contributed by atoms with Gasteiger partial charge in [0.25, 0.3) is 0 Å². The van der Waals surface area contributed by atoms with Gasteiger partial charge >= 0.3 is 35.8 Å². The van der Waals surface area contributed by atoms with E-state index in [0.717, 1.165) is 0 Å². The lowest BCUT2D eigenvalue weighted by Gasteiger charge is -2.06. The normalized spacial score (nSPS) is 10.4. The Morgan fingerprint density at radius 1 is 0.594 bits per heavy atom. The number of hydrogen-bond donors (Lipinski definition) is 2. The number of fused-ring (bicyclic) bond motifs is 1. The number of ether oxygens (including phenoxy) is 2. The monoisotopic (exact) mass is 444 g/mol. The van der Waals surface area contributed by atoms with Gasteiger partial charge in [-0.05, 0) is 47.9 Å². The number of esters is 4. The maximum atomic E-state index is 12.1. The van der Waals surface area contributed by atoms with Gasteiger partial charge in [0.15, 0.2) is 0 Å². The van der Waals surface area contributed by atoms with E-state index in [9.17, 15) is 28.8 Å². The van der Waals surface area contributed by atoms with Gasteiger partial charge in [0.05, 0.1) is 11.1 Å². The van der Waals surface area contributed by atoms with Crippen molar-refractivity contribution in [1.82, 2.24) is 0 Å². The van der Waals surface area contributed by atoms with E-state index in [1.165, 1.54) is 36.4 Å². The molecule has 0 saturated heterocycles. The van der Waals surface area contributed by atoms with Crippen LogP contribution in [0, 0.1) is 0 Å². The van der Waals surface area contributed by atoms with Crippen molar-refractivity contribution in [1.29, 1.82) is 0 Å². The van der Waals surface area contributed by atoms with Crippen molar-refractivity contribution in [3.8, 4) is 0 Å². The minimum atomic E-state index is -1.05. The van der Waals surface area contributed by atoms with E-state index in [0.29, 0.717) is 10.8 Å². The van der Waals surface area contributed by atoms with E-state index >= 15 is 0 Å². The molecule has 10 heteroatoms. The van der Waals surface area contributed by atoms with Crippen LogP contribution in [0.1, 0.15) is 59.2 Å². The number of carbonyl (C=O) groups is 6. The Morgan fingerprint density at radius 3 is 1.31 bits per heavy atom. The van der Waals surface area contributed by atoms with E-state index in [1.54, 1.807) is 0 Å². The molecule has 0 aliphatic carbocycles. The molecule has 0 radical (unpaired) electrons. The summed E-state index contributed by atoms with van der Waals surface area (Å²) in [5.41, 5.74) is 0.182. The zero-order valence-electron chi connectivity index (χ0n) is 16.9. The predicted molar refractivity (Wildman–Crippen MR) is 108 cm³/mol. The number of aliphatic carboxylic acids is 2. The average Bonchev–Trinajstić information content (AvgIpc) is 2.72. The third kappa shape index (κ3) is 7.63. The summed E-state index contributed by atoms with van der Waals surface area (Å²) >= 11 is 0. The molecule has 0 saturated carbocycles. The molecule has 2 aromatic carbocycles. The molecule has 2 rings (SSSR count). The zero-order valence-corrected chi connectivity index (χ0v) is 16.9. The van der Waals surface area contributed by atoms with Crippen LogP contribution in [-0.2, 0) is 28.7 Å². The van der Waals surface area contributed by atoms with Crippen LogP contribution in [0.15, 0.2) is 36.4 Å². The number of carbonyl (C=O) groups excluding carboxylic acids is 4. The van der Waals surface area contributed by atoms with Gasteiger partial charge in [0.1, 0.15) is 0 Å². The maximum absolute atomic E-state index is 12.1. The highest BCUT2D eigenvalue weighted by Crippen LogP contribution is 2.20. The number of hydrogen-bond acceptors (Lipinski definition) is 8. The van der Waals surface area contributed by atoms with Crippen LogP contribution in [0.4, 0.5) is 0 Å². The third-order valence-electron chi connectivity index (χ3n) is 4.27. The first-order chi connectivity index (χ1) is 15.2. The van der Waals surface area contributed by atoms with Crippen LogP contribution >= 0.6 is 0 Å². The molecule has 32 heavy (non-hydrogen) atoms. The summed E-state index contributed by atoms with van der Waals surface area (Å²) in [4.78, 5) is 68.4. The summed E-state index contributed by atoms with van der Waals surface area (Å²) < 4.78 is 9.40. The summed E-state index contributed by atoms with van der Waals surface area (Å²) in [6.45, 7) is 0. The van der Waals surface area contributed by atoms with Gasteiger partial charge in [-0.1, -0.05) is 12.1 Å². The van der Waals surface area contributed by atoms with E-state index in [4.69, 9.17) is 19.7 Å². The molecular formula is C22H20O10. The van der Waals surface area contributed by atoms with Crippen molar-refractivity contribution in [2.45, 2.75) is 38.5 Å². The van der Waals surface area contributed by atoms with Crippen LogP contribution in [0.3, 0.4) is 0 Å². The number of carboxylic acid groups (broad SMARTS) is 2. The van der Waals surface area contributed by atoms with Crippen LogP contribution in [0.2, 0.25) is 0 Å². The second kappa shape index (κ2) is 11.3. The van der Waals surface area contributed by atoms with Gasteiger partial charge in [0.2, 0.25) is 0 Å². The Morgan fingerprint density at radius 2 is 0.969 bits per heavy atom. The van der Waals surface area contributed by atoms with Gasteiger partial charge in [-0.3, -0.25) is 19.2 Å². The molecule has 2 aromatic rings. The molecule has 0 heterocycles. The molecule has 0 unspecified atom stereocenters. The minimum Gasteiger partial charge on any atom is -0.481 e. The Balaban J connectivity index is 1.99. The summed E-state index contributed by atoms with van der Waals surface area (Å²) in [6.07, 6.45) is -0.714. The number of benzene rings is 2. The van der Waals surface area contributed by atoms with Gasteiger partial charge < -0.3 is 19.7 Å². The quantitative estimate of drug-likeness (QED) is 0.411. The van der Waals surface area contributed by atoms with Gasteiger partial charge in [-0.15, -0.1) is 0 Å². The molecule has 0 aromatic heterocycles. The summed E-state index contributed by atoms with van der Waals surface area (Å²) in [5, 5.41) is 18.2. The third-order valence-corrected chi connectivity index (χ3v) is 4.27. The number of carboxylic acids is 2. The number of rotatable bonds is 10. The van der Waals surface area contributed by atoms with Gasteiger partial charge in [-0.25, -0.2) is 9.59 Å². The summed E-state index contributed by atoms with van der Waals surface area (Å²) in [5.74, 6) is -5.54. The van der Waals surface area contributed by atoms with Gasteiger partial charge in [-0.2, -0.15) is 0 Å². The highest BCUT2D eigenvalue weighted by molar-refractivity contribution is 6.03. The maximum Gasteiger partial charge on any atom is 0.345 e. The minimum absolute atomic E-state index is 0.0557. The van der Waals surface area contributed by atoms with Crippen molar-refractivity contribution in [2.24, 2.45) is 0 Å². The molecular weight excluding hydrogens is 424 g/mol. The first-order valence-corrected chi connectivity index (χ1v) is 9.63. The van der Waals surface area contributed by atoms with Crippen LogP contribution in [0.5, 0.6) is 0 Å². The molecule has 0 aliphatic rings. The molecule has 0 spiro atoms. The average molecular weight is 444 g/mol. The fraction of sp³-hybridized carbons (Fsp3) is 0.273. The van der Waals surface area contributed by atoms with Crippen molar-refractivity contribution < 1.29 is 48.5 Å². The van der Waals surface area contributed by atoms with E-state index in [-0.39, 0.29) is 49.7 Å². The van der Waals surface area contributed by atoms with Gasteiger partial charge in [0, 0.05) is 25.7 Å². The Hall–Kier alpha value is -4.08. The second-order valence-corrected chi connectivity index (χ2v) is 6.79. The fourth-order valence-corrected chi connectivity index (χ4v) is 2.69. The largest absolute Gasteiger partial charge is 0.481 e. The summed E-state index contributed by atoms with van der Waals surface area (Å²) in [6, 6.07) is 8.73. The molecule has 0 bridgehead atoms. The molecule has 0 fully saturated rings. The molecule has 2 N–H and O–H groups in total. The fourth-order valence-electron chi connectivity index (χ4n) is 2.69. The topological polar surface area (TPSA) is 161 Å². The standard InChI is InChI=1S/C22H20O10/c23-17(24)3-1-5-19(27)31-21(29)15-9-7-14-12-16(10-8-13(14)11-15)22(30)32-20(28)6-2-4-18(25)26/h7-12H,1-6H2,(H,23,24)(H,25,26). The molecule has 0 amide bonds. The highest BCUT2D eigenvalue weighted by atomic mass is 16.6. The Bertz CT molecular complexity index is 984. The molecule has 10 nitrogen and oxygen atoms in total. The van der Waals surface area contributed by atoms with Crippen molar-refractivity contribution in [3.63, 3.8) is 0 Å². The van der Waals surface area contributed by atoms with Crippen molar-refractivity contribution in [3.05, 3.63) is 47.5 Å². The smallest absolute Gasteiger partial charge is 0.345 e. The van der Waals surface area contributed by atoms with Crippen LogP contribution in [0.25, 0.3) is 10.8 Å². The Labute approximate surface area is 181 Å². The van der Waals surface area contributed by atoms with Crippen molar-refractivity contribution >= 4 is 46.6 Å². The van der Waals surface area contributed by atoms with E-state index in [1.807, 2.05) is 0 Å². The van der Waals surface area contributed by atoms with Crippen LogP contribution in [-0.4, -0.2) is 46.0 Å². The lowest BCUT2D eigenvalue weighted by Crippen LogP contribution is -2.13. The Kier molecular flexibility index (Phi) is 8.58.